The molecule has 1 aromatic carbocycles. The summed E-state index contributed by atoms with van der Waals surface area (Å²) in [6.45, 7) is 7.63. The minimum Gasteiger partial charge on any atom is -0.495 e. The van der Waals surface area contributed by atoms with E-state index in [-0.39, 0.29) is 0 Å². The highest BCUT2D eigenvalue weighted by Crippen LogP contribution is 2.30. The van der Waals surface area contributed by atoms with E-state index < -0.39 is 0 Å². The van der Waals surface area contributed by atoms with Gasteiger partial charge in [-0.1, -0.05) is 19.1 Å². The Morgan fingerprint density at radius 1 is 1.37 bits per heavy atom. The number of nitrogens with zero attached hydrogens (tertiary/aromatic N) is 3. The minimum absolute atomic E-state index is 0.357. The summed E-state index contributed by atoms with van der Waals surface area (Å²) in [5, 5.41) is 7.99. The van der Waals surface area contributed by atoms with Gasteiger partial charge in [-0.2, -0.15) is 0 Å². The number of anilines is 1. The molecule has 1 atom stereocenters. The Morgan fingerprint density at radius 2 is 2.22 bits per heavy atom. The van der Waals surface area contributed by atoms with Crippen molar-refractivity contribution in [2.45, 2.75) is 39.3 Å². The van der Waals surface area contributed by atoms with Gasteiger partial charge in [-0.3, -0.25) is 0 Å². The number of para-hydroxylation sites is 2. The van der Waals surface area contributed by atoms with E-state index in [1.807, 2.05) is 18.3 Å². The van der Waals surface area contributed by atoms with Crippen molar-refractivity contribution < 1.29 is 4.74 Å². The topological polar surface area (TPSA) is 61.8 Å². The molecule has 0 radical (unpaired) electrons. The zero-order valence-corrected chi connectivity index (χ0v) is 17.2. The third-order valence-electron chi connectivity index (χ3n) is 4.62. The first-order valence-corrected chi connectivity index (χ1v) is 10.4. The van der Waals surface area contributed by atoms with Crippen molar-refractivity contribution in [3.05, 3.63) is 40.3 Å². The van der Waals surface area contributed by atoms with Gasteiger partial charge in [0.15, 0.2) is 5.96 Å². The van der Waals surface area contributed by atoms with Gasteiger partial charge in [0.25, 0.3) is 0 Å². The molecule has 0 saturated carbocycles. The third kappa shape index (κ3) is 5.13. The lowest BCUT2D eigenvalue weighted by atomic mass is 10.2. The van der Waals surface area contributed by atoms with E-state index in [0.717, 1.165) is 54.9 Å². The van der Waals surface area contributed by atoms with Crippen LogP contribution in [-0.4, -0.2) is 43.7 Å². The molecule has 1 aliphatic heterocycles. The zero-order valence-electron chi connectivity index (χ0n) is 16.4. The Hall–Kier alpha value is -2.28. The summed E-state index contributed by atoms with van der Waals surface area (Å²) in [4.78, 5) is 12.9. The van der Waals surface area contributed by atoms with Crippen LogP contribution >= 0.6 is 11.3 Å². The van der Waals surface area contributed by atoms with Gasteiger partial charge >= 0.3 is 0 Å². The first kappa shape index (κ1) is 19.5. The number of benzene rings is 1. The van der Waals surface area contributed by atoms with E-state index in [1.54, 1.807) is 18.4 Å². The zero-order chi connectivity index (χ0) is 19.1. The third-order valence-corrected chi connectivity index (χ3v) is 5.75. The number of hydrogen-bond donors (Lipinski definition) is 2. The average Bonchev–Trinajstić information content (AvgIpc) is 3.35. The van der Waals surface area contributed by atoms with Gasteiger partial charge < -0.3 is 20.3 Å². The van der Waals surface area contributed by atoms with Crippen molar-refractivity contribution in [1.29, 1.82) is 0 Å². The van der Waals surface area contributed by atoms with Crippen molar-refractivity contribution in [3.8, 4) is 5.75 Å². The molecule has 1 aliphatic rings. The van der Waals surface area contributed by atoms with Gasteiger partial charge in [-0.15, -0.1) is 11.3 Å². The van der Waals surface area contributed by atoms with Gasteiger partial charge in [0.05, 0.1) is 19.3 Å². The molecule has 1 aromatic heterocycles. The molecular weight excluding hydrogens is 358 g/mol. The SMILES string of the molecule is CCNC(=NCc1ncc(CC)s1)NC1CCN(c2ccccc2OC)C1. The molecule has 2 aromatic rings. The Balaban J connectivity index is 1.60. The van der Waals surface area contributed by atoms with Crippen molar-refractivity contribution in [1.82, 2.24) is 15.6 Å². The predicted octanol–water partition coefficient (Wildman–Crippen LogP) is 3.05. The Morgan fingerprint density at radius 3 is 2.96 bits per heavy atom. The van der Waals surface area contributed by atoms with Crippen LogP contribution in [0.1, 0.15) is 30.2 Å². The number of thiazole rings is 1. The van der Waals surface area contributed by atoms with Crippen LogP contribution in [0.5, 0.6) is 5.75 Å². The fourth-order valence-corrected chi connectivity index (χ4v) is 4.02. The number of guanidine groups is 1. The minimum atomic E-state index is 0.357. The first-order chi connectivity index (χ1) is 13.2. The Labute approximate surface area is 165 Å². The van der Waals surface area contributed by atoms with Gasteiger partial charge in [0, 0.05) is 36.8 Å². The van der Waals surface area contributed by atoms with Gasteiger partial charge in [-0.25, -0.2) is 9.98 Å². The first-order valence-electron chi connectivity index (χ1n) is 9.59. The highest BCUT2D eigenvalue weighted by atomic mass is 32.1. The molecule has 0 aliphatic carbocycles. The molecule has 2 N–H and O–H groups in total. The van der Waals surface area contributed by atoms with Crippen LogP contribution < -0.4 is 20.3 Å². The molecule has 0 spiro atoms. The number of rotatable bonds is 7. The van der Waals surface area contributed by atoms with E-state index in [1.165, 1.54) is 4.88 Å². The smallest absolute Gasteiger partial charge is 0.191 e. The largest absolute Gasteiger partial charge is 0.495 e. The maximum atomic E-state index is 5.51. The summed E-state index contributed by atoms with van der Waals surface area (Å²) in [6.07, 6.45) is 4.05. The molecule has 1 saturated heterocycles. The molecule has 7 heteroatoms. The number of ether oxygens (including phenoxy) is 1. The lowest BCUT2D eigenvalue weighted by Crippen LogP contribution is -2.44. The summed E-state index contributed by atoms with van der Waals surface area (Å²) in [5.41, 5.74) is 1.15. The summed E-state index contributed by atoms with van der Waals surface area (Å²) in [7, 11) is 1.73. The molecule has 146 valence electrons. The number of nitrogens with one attached hydrogen (secondary N) is 2. The second-order valence-corrected chi connectivity index (χ2v) is 7.72. The average molecular weight is 388 g/mol. The second-order valence-electron chi connectivity index (χ2n) is 6.52. The molecule has 1 unspecified atom stereocenters. The molecule has 0 amide bonds. The highest BCUT2D eigenvalue weighted by molar-refractivity contribution is 7.11. The van der Waals surface area contributed by atoms with Crippen LogP contribution in [-0.2, 0) is 13.0 Å². The number of aryl methyl sites for hydroxylation is 1. The summed E-state index contributed by atoms with van der Waals surface area (Å²) >= 11 is 1.74. The molecule has 2 heterocycles. The number of hydrogen-bond acceptors (Lipinski definition) is 5. The van der Waals surface area contributed by atoms with Crippen LogP contribution in [0.4, 0.5) is 5.69 Å². The van der Waals surface area contributed by atoms with Gasteiger partial charge in [0.2, 0.25) is 0 Å². The molecule has 3 rings (SSSR count). The molecule has 6 nitrogen and oxygen atoms in total. The van der Waals surface area contributed by atoms with Crippen molar-refractivity contribution >= 4 is 23.0 Å². The Kier molecular flexibility index (Phi) is 6.92. The van der Waals surface area contributed by atoms with Crippen LogP contribution in [0.2, 0.25) is 0 Å². The van der Waals surface area contributed by atoms with E-state index in [9.17, 15) is 0 Å². The van der Waals surface area contributed by atoms with Crippen molar-refractivity contribution in [3.63, 3.8) is 0 Å². The normalized spacial score (nSPS) is 17.2. The van der Waals surface area contributed by atoms with E-state index in [0.29, 0.717) is 12.6 Å². The van der Waals surface area contributed by atoms with Crippen LogP contribution in [0.25, 0.3) is 0 Å². The van der Waals surface area contributed by atoms with E-state index >= 15 is 0 Å². The van der Waals surface area contributed by atoms with Crippen LogP contribution in [0, 0.1) is 0 Å². The fourth-order valence-electron chi connectivity index (χ4n) is 3.23. The lowest BCUT2D eigenvalue weighted by Gasteiger charge is -2.22. The van der Waals surface area contributed by atoms with Crippen LogP contribution in [0.15, 0.2) is 35.5 Å². The maximum absolute atomic E-state index is 5.51. The van der Waals surface area contributed by atoms with E-state index in [2.05, 4.69) is 46.5 Å². The molecule has 0 bridgehead atoms. The van der Waals surface area contributed by atoms with E-state index in [4.69, 9.17) is 9.73 Å². The summed E-state index contributed by atoms with van der Waals surface area (Å²) < 4.78 is 5.51. The van der Waals surface area contributed by atoms with Crippen molar-refractivity contribution in [2.75, 3.05) is 31.6 Å². The fraction of sp³-hybridized carbons (Fsp3) is 0.500. The maximum Gasteiger partial charge on any atom is 0.191 e. The molecular formula is C20H29N5OS. The highest BCUT2D eigenvalue weighted by Gasteiger charge is 2.25. The number of aromatic nitrogens is 1. The summed E-state index contributed by atoms with van der Waals surface area (Å²) in [6, 6.07) is 8.55. The van der Waals surface area contributed by atoms with Gasteiger partial charge in [0.1, 0.15) is 10.8 Å². The standard InChI is InChI=1S/C20H29N5OS/c1-4-16-12-22-19(27-16)13-23-20(21-5-2)24-15-10-11-25(14-15)17-8-6-7-9-18(17)26-3/h6-9,12,15H,4-5,10-11,13-14H2,1-3H3,(H2,21,23,24). The number of aliphatic imine (C=N–C) groups is 1. The van der Waals surface area contributed by atoms with Gasteiger partial charge in [-0.05, 0) is 31.9 Å². The lowest BCUT2D eigenvalue weighted by molar-refractivity contribution is 0.415. The second kappa shape index (κ2) is 9.60. The molecule has 27 heavy (non-hydrogen) atoms. The Bertz CT molecular complexity index is 760. The number of methoxy groups -OCH3 is 1. The predicted molar refractivity (Wildman–Crippen MR) is 113 cm³/mol. The molecule has 1 fully saturated rings. The van der Waals surface area contributed by atoms with Crippen molar-refractivity contribution in [2.24, 2.45) is 4.99 Å². The monoisotopic (exact) mass is 387 g/mol. The van der Waals surface area contributed by atoms with Crippen LogP contribution in [0.3, 0.4) is 0 Å². The quantitative estimate of drug-likeness (QED) is 0.565. The summed E-state index contributed by atoms with van der Waals surface area (Å²) in [5.74, 6) is 1.78.